The molecule has 0 aliphatic carbocycles. The number of hydrogen-bond donors (Lipinski definition) is 1. The van der Waals surface area contributed by atoms with Gasteiger partial charge in [-0.1, -0.05) is 11.3 Å². The van der Waals surface area contributed by atoms with Crippen LogP contribution in [0.2, 0.25) is 0 Å². The summed E-state index contributed by atoms with van der Waals surface area (Å²) in [6.07, 6.45) is 4.55. The molecule has 0 amide bonds. The van der Waals surface area contributed by atoms with Crippen LogP contribution in [0.15, 0.2) is 18.6 Å². The van der Waals surface area contributed by atoms with E-state index in [1.807, 2.05) is 0 Å². The Balaban J connectivity index is 2.22. The van der Waals surface area contributed by atoms with Gasteiger partial charge in [-0.2, -0.15) is 5.10 Å². The number of ether oxygens (including phenoxy) is 1. The second-order valence-corrected chi connectivity index (χ2v) is 3.98. The van der Waals surface area contributed by atoms with E-state index in [4.69, 9.17) is 10.5 Å². The molecule has 0 atom stereocenters. The third kappa shape index (κ3) is 2.03. The van der Waals surface area contributed by atoms with Gasteiger partial charge in [-0.3, -0.25) is 0 Å². The van der Waals surface area contributed by atoms with Crippen LogP contribution in [-0.2, 0) is 4.74 Å². The first kappa shape index (κ1) is 10.6. The van der Waals surface area contributed by atoms with Gasteiger partial charge in [0.05, 0.1) is 24.6 Å². The number of nitrogens with zero attached hydrogens (tertiary/aromatic N) is 3. The molecule has 7 heteroatoms. The van der Waals surface area contributed by atoms with Gasteiger partial charge in [0.25, 0.3) is 0 Å². The van der Waals surface area contributed by atoms with Gasteiger partial charge in [-0.25, -0.2) is 14.5 Å². The maximum Gasteiger partial charge on any atom is 0.341 e. The van der Waals surface area contributed by atoms with E-state index in [1.165, 1.54) is 22.2 Å². The lowest BCUT2D eigenvalue weighted by Gasteiger charge is -1.96. The molecule has 16 heavy (non-hydrogen) atoms. The number of esters is 1. The lowest BCUT2D eigenvalue weighted by molar-refractivity contribution is 0.0526. The molecule has 0 radical (unpaired) electrons. The smallest absolute Gasteiger partial charge is 0.341 e. The van der Waals surface area contributed by atoms with Gasteiger partial charge >= 0.3 is 5.97 Å². The minimum atomic E-state index is -0.390. The lowest BCUT2D eigenvalue weighted by atomic mass is 10.4. The number of rotatable bonds is 3. The molecule has 0 aromatic carbocycles. The highest BCUT2D eigenvalue weighted by molar-refractivity contribution is 7.17. The number of aromatic nitrogens is 3. The SMILES string of the molecule is CCOC(=O)c1cnn(-c2ncc(N)s2)c1. The predicted octanol–water partition coefficient (Wildman–Crippen LogP) is 1.09. The number of hydrogen-bond acceptors (Lipinski definition) is 6. The van der Waals surface area contributed by atoms with Crippen LogP contribution >= 0.6 is 11.3 Å². The molecule has 0 unspecified atom stereocenters. The van der Waals surface area contributed by atoms with Gasteiger partial charge < -0.3 is 10.5 Å². The standard InChI is InChI=1S/C9H10N4O2S/c1-2-15-8(14)6-3-12-13(5-6)9-11-4-7(10)16-9/h3-5H,2,10H2,1H3. The number of carbonyl (C=O) groups is 1. The minimum absolute atomic E-state index is 0.341. The van der Waals surface area contributed by atoms with Crippen LogP contribution < -0.4 is 5.73 Å². The van der Waals surface area contributed by atoms with Crippen LogP contribution in [0.4, 0.5) is 5.00 Å². The second-order valence-electron chi connectivity index (χ2n) is 2.94. The van der Waals surface area contributed by atoms with Crippen molar-refractivity contribution in [2.24, 2.45) is 0 Å². The van der Waals surface area contributed by atoms with Crippen LogP contribution in [0.1, 0.15) is 17.3 Å². The summed E-state index contributed by atoms with van der Waals surface area (Å²) in [7, 11) is 0. The van der Waals surface area contributed by atoms with Crippen molar-refractivity contribution < 1.29 is 9.53 Å². The molecule has 0 bridgehead atoms. The molecule has 84 valence electrons. The van der Waals surface area contributed by atoms with Crippen molar-refractivity contribution in [3.63, 3.8) is 0 Å². The van der Waals surface area contributed by atoms with Crippen molar-refractivity contribution in [2.45, 2.75) is 6.92 Å². The molecule has 0 spiro atoms. The highest BCUT2D eigenvalue weighted by Crippen LogP contribution is 2.18. The zero-order valence-electron chi connectivity index (χ0n) is 8.58. The predicted molar refractivity (Wildman–Crippen MR) is 59.6 cm³/mol. The van der Waals surface area contributed by atoms with E-state index in [-0.39, 0.29) is 0 Å². The van der Waals surface area contributed by atoms with Gasteiger partial charge in [0.2, 0.25) is 5.13 Å². The molecule has 2 aromatic rings. The van der Waals surface area contributed by atoms with Crippen molar-refractivity contribution >= 4 is 22.3 Å². The summed E-state index contributed by atoms with van der Waals surface area (Å²) in [5, 5.41) is 5.23. The topological polar surface area (TPSA) is 83.0 Å². The van der Waals surface area contributed by atoms with E-state index < -0.39 is 5.97 Å². The van der Waals surface area contributed by atoms with E-state index in [9.17, 15) is 4.79 Å². The van der Waals surface area contributed by atoms with Crippen molar-refractivity contribution in [1.82, 2.24) is 14.8 Å². The number of nitrogens with two attached hydrogens (primary N) is 1. The molecule has 2 rings (SSSR count). The average Bonchev–Trinajstić information content (AvgIpc) is 2.85. The summed E-state index contributed by atoms with van der Waals surface area (Å²) < 4.78 is 6.34. The molecule has 2 heterocycles. The molecule has 0 saturated carbocycles. The van der Waals surface area contributed by atoms with Gasteiger partial charge in [-0.05, 0) is 6.92 Å². The average molecular weight is 238 g/mol. The molecule has 0 saturated heterocycles. The van der Waals surface area contributed by atoms with Gasteiger partial charge in [0, 0.05) is 6.20 Å². The van der Waals surface area contributed by atoms with E-state index in [2.05, 4.69) is 10.1 Å². The van der Waals surface area contributed by atoms with Crippen molar-refractivity contribution in [3.8, 4) is 5.13 Å². The van der Waals surface area contributed by atoms with Gasteiger partial charge in [0.1, 0.15) is 5.00 Å². The third-order valence-corrected chi connectivity index (χ3v) is 2.62. The Labute approximate surface area is 95.7 Å². The molecule has 2 N–H and O–H groups in total. The summed E-state index contributed by atoms with van der Waals surface area (Å²) >= 11 is 1.29. The van der Waals surface area contributed by atoms with Gasteiger partial charge in [-0.15, -0.1) is 0 Å². The maximum atomic E-state index is 11.4. The van der Waals surface area contributed by atoms with Crippen molar-refractivity contribution in [3.05, 3.63) is 24.2 Å². The van der Waals surface area contributed by atoms with Gasteiger partial charge in [0.15, 0.2) is 0 Å². The fourth-order valence-corrected chi connectivity index (χ4v) is 1.75. The summed E-state index contributed by atoms with van der Waals surface area (Å²) in [6, 6.07) is 0. The summed E-state index contributed by atoms with van der Waals surface area (Å²) in [5.74, 6) is -0.390. The quantitative estimate of drug-likeness (QED) is 0.809. The Kier molecular flexibility index (Phi) is 2.86. The van der Waals surface area contributed by atoms with E-state index in [0.29, 0.717) is 22.3 Å². The largest absolute Gasteiger partial charge is 0.462 e. The van der Waals surface area contributed by atoms with Crippen LogP contribution in [0.5, 0.6) is 0 Å². The lowest BCUT2D eigenvalue weighted by Crippen LogP contribution is -2.03. The summed E-state index contributed by atoms with van der Waals surface area (Å²) in [5.41, 5.74) is 5.95. The second kappa shape index (κ2) is 4.31. The van der Waals surface area contributed by atoms with Crippen LogP contribution in [0, 0.1) is 0 Å². The maximum absolute atomic E-state index is 11.4. The highest BCUT2D eigenvalue weighted by atomic mass is 32.1. The first-order valence-electron chi connectivity index (χ1n) is 4.64. The molecule has 6 nitrogen and oxygen atoms in total. The number of nitrogen functional groups attached to an aromatic ring is 1. The Hall–Kier alpha value is -1.89. The van der Waals surface area contributed by atoms with E-state index in [1.54, 1.807) is 19.3 Å². The van der Waals surface area contributed by atoms with E-state index in [0.717, 1.165) is 0 Å². The normalized spacial score (nSPS) is 10.3. The Morgan fingerprint density at radius 1 is 1.62 bits per heavy atom. The molecular weight excluding hydrogens is 228 g/mol. The van der Waals surface area contributed by atoms with Crippen molar-refractivity contribution in [2.75, 3.05) is 12.3 Å². The first-order valence-corrected chi connectivity index (χ1v) is 5.46. The Morgan fingerprint density at radius 3 is 3.06 bits per heavy atom. The van der Waals surface area contributed by atoms with E-state index >= 15 is 0 Å². The zero-order chi connectivity index (χ0) is 11.5. The summed E-state index contributed by atoms with van der Waals surface area (Å²) in [6.45, 7) is 2.10. The Bertz CT molecular complexity index is 505. The molecule has 0 aliphatic heterocycles. The number of thiazole rings is 1. The number of anilines is 1. The summed E-state index contributed by atoms with van der Waals surface area (Å²) in [4.78, 5) is 15.4. The monoisotopic (exact) mass is 238 g/mol. The zero-order valence-corrected chi connectivity index (χ0v) is 9.40. The van der Waals surface area contributed by atoms with Crippen LogP contribution in [0.3, 0.4) is 0 Å². The molecule has 2 aromatic heterocycles. The molecule has 0 aliphatic rings. The van der Waals surface area contributed by atoms with Crippen molar-refractivity contribution in [1.29, 1.82) is 0 Å². The Morgan fingerprint density at radius 2 is 2.44 bits per heavy atom. The third-order valence-electron chi connectivity index (χ3n) is 1.80. The first-order chi connectivity index (χ1) is 7.70. The van der Waals surface area contributed by atoms with Crippen LogP contribution in [-0.4, -0.2) is 27.3 Å². The fraction of sp³-hybridized carbons (Fsp3) is 0.222. The fourth-order valence-electron chi connectivity index (χ4n) is 1.13. The molecule has 0 fully saturated rings. The number of carbonyl (C=O) groups excluding carboxylic acids is 1. The minimum Gasteiger partial charge on any atom is -0.462 e. The molecular formula is C9H10N4O2S. The van der Waals surface area contributed by atoms with Crippen LogP contribution in [0.25, 0.3) is 5.13 Å². The highest BCUT2D eigenvalue weighted by Gasteiger charge is 2.11.